The summed E-state index contributed by atoms with van der Waals surface area (Å²) in [6, 6.07) is 2.28. The van der Waals surface area contributed by atoms with Gasteiger partial charge in [0.25, 0.3) is 0 Å². The average Bonchev–Trinajstić information content (AvgIpc) is 2.04. The summed E-state index contributed by atoms with van der Waals surface area (Å²) in [7, 11) is 0. The minimum absolute atomic E-state index is 0.219. The van der Waals surface area contributed by atoms with Gasteiger partial charge in [-0.2, -0.15) is 5.26 Å². The van der Waals surface area contributed by atoms with Crippen molar-refractivity contribution in [2.24, 2.45) is 11.3 Å². The third-order valence-electron chi connectivity index (χ3n) is 2.86. The third-order valence-corrected chi connectivity index (χ3v) is 2.86. The lowest BCUT2D eigenvalue weighted by Crippen LogP contribution is -2.30. The molecule has 0 amide bonds. The van der Waals surface area contributed by atoms with E-state index < -0.39 is 0 Å². The van der Waals surface area contributed by atoms with E-state index in [0.29, 0.717) is 6.42 Å². The lowest BCUT2D eigenvalue weighted by Gasteiger charge is -2.30. The highest BCUT2D eigenvalue weighted by molar-refractivity contribution is 4.85. The minimum atomic E-state index is 0.219. The van der Waals surface area contributed by atoms with Crippen LogP contribution in [-0.2, 0) is 0 Å². The van der Waals surface area contributed by atoms with E-state index >= 15 is 0 Å². The van der Waals surface area contributed by atoms with E-state index in [4.69, 9.17) is 5.26 Å². The fourth-order valence-corrected chi connectivity index (χ4v) is 2.15. The first-order valence-electron chi connectivity index (χ1n) is 5.22. The zero-order valence-corrected chi connectivity index (χ0v) is 8.77. The van der Waals surface area contributed by atoms with E-state index in [2.05, 4.69) is 25.2 Å². The maximum absolute atomic E-state index is 8.67. The van der Waals surface area contributed by atoms with Crippen LogP contribution in [0, 0.1) is 22.7 Å². The highest BCUT2D eigenvalue weighted by Gasteiger charge is 2.24. The van der Waals surface area contributed by atoms with Crippen LogP contribution in [0.25, 0.3) is 0 Å². The lowest BCUT2D eigenvalue weighted by atomic mass is 9.77. The van der Waals surface area contributed by atoms with Gasteiger partial charge in [-0.3, -0.25) is 0 Å². The summed E-state index contributed by atoms with van der Waals surface area (Å²) < 4.78 is 0. The zero-order valence-electron chi connectivity index (χ0n) is 8.77. The third kappa shape index (κ3) is 3.78. The van der Waals surface area contributed by atoms with Crippen molar-refractivity contribution in [3.8, 4) is 6.07 Å². The molecular formula is C11H20N2. The monoisotopic (exact) mass is 180 g/mol. The Balaban J connectivity index is 2.33. The molecule has 1 rings (SSSR count). The first-order chi connectivity index (χ1) is 6.14. The summed E-state index contributed by atoms with van der Waals surface area (Å²) in [5.41, 5.74) is 0.219. The largest absolute Gasteiger partial charge is 0.317 e. The number of nitriles is 1. The molecule has 1 saturated heterocycles. The van der Waals surface area contributed by atoms with E-state index in [-0.39, 0.29) is 5.41 Å². The Morgan fingerprint density at radius 1 is 1.38 bits per heavy atom. The molecule has 0 aliphatic carbocycles. The van der Waals surface area contributed by atoms with Gasteiger partial charge in [0.2, 0.25) is 0 Å². The van der Waals surface area contributed by atoms with Gasteiger partial charge in [0.05, 0.1) is 6.07 Å². The van der Waals surface area contributed by atoms with Crippen molar-refractivity contribution in [1.82, 2.24) is 5.32 Å². The van der Waals surface area contributed by atoms with Crippen molar-refractivity contribution < 1.29 is 0 Å². The number of hydrogen-bond acceptors (Lipinski definition) is 2. The van der Waals surface area contributed by atoms with Crippen LogP contribution in [0.4, 0.5) is 0 Å². The van der Waals surface area contributed by atoms with Gasteiger partial charge in [-0.1, -0.05) is 13.8 Å². The average molecular weight is 180 g/mol. The molecule has 0 bridgehead atoms. The van der Waals surface area contributed by atoms with Crippen LogP contribution >= 0.6 is 0 Å². The molecule has 0 saturated carbocycles. The van der Waals surface area contributed by atoms with Crippen molar-refractivity contribution in [1.29, 1.82) is 5.26 Å². The number of nitrogens with zero attached hydrogens (tertiary/aromatic N) is 1. The van der Waals surface area contributed by atoms with Gasteiger partial charge < -0.3 is 5.32 Å². The molecule has 1 N–H and O–H groups in total. The Hall–Kier alpha value is -0.550. The molecule has 0 atom stereocenters. The van der Waals surface area contributed by atoms with Crippen LogP contribution in [-0.4, -0.2) is 13.1 Å². The van der Waals surface area contributed by atoms with Crippen LogP contribution in [0.1, 0.15) is 39.5 Å². The predicted octanol–water partition coefficient (Wildman–Crippen LogP) is 2.32. The summed E-state index contributed by atoms with van der Waals surface area (Å²) >= 11 is 0. The molecule has 1 heterocycles. The van der Waals surface area contributed by atoms with Gasteiger partial charge in [-0.05, 0) is 43.7 Å². The zero-order chi connectivity index (χ0) is 9.73. The Kier molecular flexibility index (Phi) is 3.74. The van der Waals surface area contributed by atoms with Crippen molar-refractivity contribution in [2.45, 2.75) is 39.5 Å². The fraction of sp³-hybridized carbons (Fsp3) is 0.909. The molecule has 2 heteroatoms. The summed E-state index contributed by atoms with van der Waals surface area (Å²) in [5, 5.41) is 12.0. The predicted molar refractivity (Wildman–Crippen MR) is 54.2 cm³/mol. The molecule has 0 radical (unpaired) electrons. The molecule has 1 aliphatic rings. The van der Waals surface area contributed by atoms with Crippen LogP contribution in [0.5, 0.6) is 0 Å². The quantitative estimate of drug-likeness (QED) is 0.723. The highest BCUT2D eigenvalue weighted by Crippen LogP contribution is 2.32. The Labute approximate surface area is 81.3 Å². The van der Waals surface area contributed by atoms with E-state index in [1.165, 1.54) is 19.3 Å². The summed E-state index contributed by atoms with van der Waals surface area (Å²) in [6.45, 7) is 6.73. The summed E-state index contributed by atoms with van der Waals surface area (Å²) in [6.07, 6.45) is 4.48. The standard InChI is InChI=1S/C11H20N2/c1-11(2,5-6-12)9-10-3-7-13-8-4-10/h10,13H,3-5,7-9H2,1-2H3. The second-order valence-corrected chi connectivity index (χ2v) is 4.90. The van der Waals surface area contributed by atoms with Gasteiger partial charge in [0.15, 0.2) is 0 Å². The van der Waals surface area contributed by atoms with Crippen molar-refractivity contribution >= 4 is 0 Å². The second-order valence-electron chi connectivity index (χ2n) is 4.90. The van der Waals surface area contributed by atoms with Crippen LogP contribution in [0.3, 0.4) is 0 Å². The minimum Gasteiger partial charge on any atom is -0.317 e. The van der Waals surface area contributed by atoms with E-state index in [9.17, 15) is 0 Å². The van der Waals surface area contributed by atoms with E-state index in [1.807, 2.05) is 0 Å². The first kappa shape index (κ1) is 10.5. The number of hydrogen-bond donors (Lipinski definition) is 1. The molecular weight excluding hydrogens is 160 g/mol. The topological polar surface area (TPSA) is 35.8 Å². The van der Waals surface area contributed by atoms with Gasteiger partial charge in [0, 0.05) is 6.42 Å². The number of rotatable bonds is 3. The normalized spacial score (nSPS) is 19.8. The van der Waals surface area contributed by atoms with Crippen molar-refractivity contribution in [3.63, 3.8) is 0 Å². The van der Waals surface area contributed by atoms with E-state index in [1.54, 1.807) is 0 Å². The van der Waals surface area contributed by atoms with Gasteiger partial charge in [0.1, 0.15) is 0 Å². The summed E-state index contributed by atoms with van der Waals surface area (Å²) in [5.74, 6) is 0.838. The van der Waals surface area contributed by atoms with Crippen LogP contribution in [0.15, 0.2) is 0 Å². The molecule has 74 valence electrons. The Morgan fingerprint density at radius 2 is 2.00 bits per heavy atom. The molecule has 0 spiro atoms. The smallest absolute Gasteiger partial charge is 0.0627 e. The highest BCUT2D eigenvalue weighted by atomic mass is 14.9. The van der Waals surface area contributed by atoms with Crippen LogP contribution in [0.2, 0.25) is 0 Å². The van der Waals surface area contributed by atoms with Crippen molar-refractivity contribution in [2.75, 3.05) is 13.1 Å². The number of nitrogens with one attached hydrogen (secondary N) is 1. The molecule has 0 unspecified atom stereocenters. The Morgan fingerprint density at radius 3 is 2.54 bits per heavy atom. The molecule has 1 fully saturated rings. The molecule has 0 aromatic rings. The van der Waals surface area contributed by atoms with Gasteiger partial charge in [-0.15, -0.1) is 0 Å². The van der Waals surface area contributed by atoms with Gasteiger partial charge >= 0.3 is 0 Å². The maximum Gasteiger partial charge on any atom is 0.0627 e. The lowest BCUT2D eigenvalue weighted by molar-refractivity contribution is 0.232. The number of piperidine rings is 1. The molecule has 13 heavy (non-hydrogen) atoms. The van der Waals surface area contributed by atoms with Crippen LogP contribution < -0.4 is 5.32 Å². The first-order valence-corrected chi connectivity index (χ1v) is 5.22. The second kappa shape index (κ2) is 4.62. The van der Waals surface area contributed by atoms with Gasteiger partial charge in [-0.25, -0.2) is 0 Å². The van der Waals surface area contributed by atoms with Crippen molar-refractivity contribution in [3.05, 3.63) is 0 Å². The molecule has 1 aliphatic heterocycles. The molecule has 0 aromatic heterocycles. The molecule has 0 aromatic carbocycles. The fourth-order valence-electron chi connectivity index (χ4n) is 2.15. The summed E-state index contributed by atoms with van der Waals surface area (Å²) in [4.78, 5) is 0. The SMILES string of the molecule is CC(C)(CC#N)CC1CCNCC1. The van der Waals surface area contributed by atoms with E-state index in [0.717, 1.165) is 19.0 Å². The molecule has 2 nitrogen and oxygen atoms in total. The maximum atomic E-state index is 8.67. The Bertz CT molecular complexity index is 185.